The van der Waals surface area contributed by atoms with Gasteiger partial charge in [0, 0.05) is 6.04 Å². The molecule has 28 heavy (non-hydrogen) atoms. The number of alkyl halides is 2. The maximum absolute atomic E-state index is 12.2. The van der Waals surface area contributed by atoms with Crippen LogP contribution >= 0.6 is 0 Å². The summed E-state index contributed by atoms with van der Waals surface area (Å²) in [6.45, 7) is 0.424. The molecule has 0 unspecified atom stereocenters. The number of carbonyl (C=O) groups excluding carboxylic acids is 2. The van der Waals surface area contributed by atoms with Gasteiger partial charge in [0.1, 0.15) is 5.75 Å². The molecule has 0 saturated heterocycles. The molecule has 2 aromatic rings. The number of ether oxygens (including phenoxy) is 2. The molecule has 150 valence electrons. The van der Waals surface area contributed by atoms with Crippen LogP contribution in [0.1, 0.15) is 36.2 Å². The number of nitrogens with one attached hydrogen (secondary N) is 1. The smallest absolute Gasteiger partial charge is 0.387 e. The Bertz CT molecular complexity index is 766. The highest BCUT2D eigenvalue weighted by molar-refractivity contribution is 5.92. The normalized spacial score (nSPS) is 12.9. The van der Waals surface area contributed by atoms with Gasteiger partial charge in [0.15, 0.2) is 6.10 Å². The van der Waals surface area contributed by atoms with Crippen LogP contribution in [0.5, 0.6) is 5.75 Å². The summed E-state index contributed by atoms with van der Waals surface area (Å²) in [5.41, 5.74) is 1.32. The Morgan fingerprint density at radius 1 is 1.00 bits per heavy atom. The third kappa shape index (κ3) is 6.98. The number of aryl methyl sites for hydroxylation is 1. The van der Waals surface area contributed by atoms with Crippen molar-refractivity contribution in [3.8, 4) is 5.75 Å². The fourth-order valence-electron chi connectivity index (χ4n) is 2.51. The first-order valence-corrected chi connectivity index (χ1v) is 8.95. The summed E-state index contributed by atoms with van der Waals surface area (Å²) < 4.78 is 33.6. The summed E-state index contributed by atoms with van der Waals surface area (Å²) >= 11 is 0. The van der Waals surface area contributed by atoms with Crippen LogP contribution in [0.15, 0.2) is 54.6 Å². The van der Waals surface area contributed by atoms with Crippen LogP contribution in [-0.2, 0) is 16.0 Å². The molecule has 0 bridgehead atoms. The second-order valence-corrected chi connectivity index (χ2v) is 6.38. The average Bonchev–Trinajstić information content (AvgIpc) is 2.67. The number of hydrogen-bond donors (Lipinski definition) is 1. The molecule has 5 nitrogen and oxygen atoms in total. The van der Waals surface area contributed by atoms with Crippen molar-refractivity contribution in [3.63, 3.8) is 0 Å². The van der Waals surface area contributed by atoms with E-state index in [0.717, 1.165) is 12.8 Å². The number of esters is 1. The number of halogens is 2. The van der Waals surface area contributed by atoms with Crippen molar-refractivity contribution in [1.82, 2.24) is 5.32 Å². The first kappa shape index (κ1) is 21.3. The van der Waals surface area contributed by atoms with E-state index in [1.54, 1.807) is 0 Å². The lowest BCUT2D eigenvalue weighted by molar-refractivity contribution is -0.129. The number of benzene rings is 2. The van der Waals surface area contributed by atoms with E-state index in [9.17, 15) is 18.4 Å². The molecule has 0 aliphatic rings. The van der Waals surface area contributed by atoms with E-state index in [1.807, 2.05) is 37.3 Å². The lowest BCUT2D eigenvalue weighted by Gasteiger charge is -2.18. The van der Waals surface area contributed by atoms with Crippen LogP contribution in [0.25, 0.3) is 0 Å². The van der Waals surface area contributed by atoms with E-state index in [2.05, 4.69) is 10.1 Å². The summed E-state index contributed by atoms with van der Waals surface area (Å²) in [4.78, 5) is 24.3. The highest BCUT2D eigenvalue weighted by atomic mass is 19.3. The molecule has 0 aliphatic heterocycles. The minimum absolute atomic E-state index is 0.0652. The molecule has 2 aromatic carbocycles. The summed E-state index contributed by atoms with van der Waals surface area (Å²) in [6, 6.07) is 14.9. The van der Waals surface area contributed by atoms with Crippen molar-refractivity contribution >= 4 is 11.9 Å². The van der Waals surface area contributed by atoms with Gasteiger partial charge in [-0.2, -0.15) is 8.78 Å². The van der Waals surface area contributed by atoms with Crippen molar-refractivity contribution in [2.45, 2.75) is 45.4 Å². The van der Waals surface area contributed by atoms with E-state index in [-0.39, 0.29) is 17.4 Å². The zero-order valence-corrected chi connectivity index (χ0v) is 15.7. The average molecular weight is 391 g/mol. The Balaban J connectivity index is 1.79. The van der Waals surface area contributed by atoms with Gasteiger partial charge in [0.2, 0.25) is 0 Å². The van der Waals surface area contributed by atoms with Gasteiger partial charge >= 0.3 is 12.6 Å². The minimum atomic E-state index is -2.94. The Hall–Kier alpha value is -2.96. The van der Waals surface area contributed by atoms with Gasteiger partial charge in [0.05, 0.1) is 5.56 Å². The van der Waals surface area contributed by atoms with Gasteiger partial charge < -0.3 is 14.8 Å². The third-order valence-electron chi connectivity index (χ3n) is 4.07. The maximum Gasteiger partial charge on any atom is 0.387 e. The number of amides is 1. The number of rotatable bonds is 9. The molecular formula is C21H23F2NO4. The molecule has 0 aliphatic carbocycles. The number of hydrogen-bond acceptors (Lipinski definition) is 4. The molecule has 2 rings (SSSR count). The Morgan fingerprint density at radius 3 is 2.25 bits per heavy atom. The van der Waals surface area contributed by atoms with Crippen LogP contribution in [0, 0.1) is 0 Å². The van der Waals surface area contributed by atoms with E-state index in [1.165, 1.54) is 36.8 Å². The molecule has 0 aromatic heterocycles. The van der Waals surface area contributed by atoms with Gasteiger partial charge in [0.25, 0.3) is 5.91 Å². The summed E-state index contributed by atoms with van der Waals surface area (Å²) in [6.07, 6.45) is 0.592. The highest BCUT2D eigenvalue weighted by Gasteiger charge is 2.20. The van der Waals surface area contributed by atoms with Crippen molar-refractivity contribution in [3.05, 3.63) is 65.7 Å². The second-order valence-electron chi connectivity index (χ2n) is 6.38. The molecule has 0 fully saturated rings. The van der Waals surface area contributed by atoms with Crippen LogP contribution < -0.4 is 10.1 Å². The molecular weight excluding hydrogens is 368 g/mol. The van der Waals surface area contributed by atoms with Crippen molar-refractivity contribution in [1.29, 1.82) is 0 Å². The van der Waals surface area contributed by atoms with Crippen LogP contribution in [0.3, 0.4) is 0 Å². The zero-order valence-electron chi connectivity index (χ0n) is 15.7. The SMILES string of the molecule is C[C@H](CCc1ccccc1)NC(=O)[C@@H](C)OC(=O)c1ccc(OC(F)F)cc1. The standard InChI is InChI=1S/C21H23F2NO4/c1-14(8-9-16-6-4-3-5-7-16)24-19(25)15(2)27-20(26)17-10-12-18(13-11-17)28-21(22)23/h3-7,10-15,21H,8-9H2,1-2H3,(H,24,25)/t14-,15-/m1/s1. The van der Waals surface area contributed by atoms with Crippen molar-refractivity contribution in [2.24, 2.45) is 0 Å². The fourth-order valence-corrected chi connectivity index (χ4v) is 2.51. The lowest BCUT2D eigenvalue weighted by atomic mass is 10.1. The highest BCUT2D eigenvalue weighted by Crippen LogP contribution is 2.16. The van der Waals surface area contributed by atoms with Crippen LogP contribution in [0.2, 0.25) is 0 Å². The Kier molecular flexibility index (Phi) is 7.92. The zero-order chi connectivity index (χ0) is 20.5. The largest absolute Gasteiger partial charge is 0.449 e. The molecule has 0 spiro atoms. The van der Waals surface area contributed by atoms with Crippen LogP contribution in [0.4, 0.5) is 8.78 Å². The summed E-state index contributed by atoms with van der Waals surface area (Å²) in [5, 5.41) is 2.82. The molecule has 0 heterocycles. The Labute approximate surface area is 162 Å². The Morgan fingerprint density at radius 2 is 1.64 bits per heavy atom. The van der Waals surface area contributed by atoms with Gasteiger partial charge in [-0.05, 0) is 56.5 Å². The predicted molar refractivity (Wildman–Crippen MR) is 100 cm³/mol. The van der Waals surface area contributed by atoms with Gasteiger partial charge in [-0.3, -0.25) is 4.79 Å². The van der Waals surface area contributed by atoms with E-state index in [4.69, 9.17) is 4.74 Å². The van der Waals surface area contributed by atoms with Crippen molar-refractivity contribution in [2.75, 3.05) is 0 Å². The monoisotopic (exact) mass is 391 g/mol. The summed E-state index contributed by atoms with van der Waals surface area (Å²) in [7, 11) is 0. The van der Waals surface area contributed by atoms with Gasteiger partial charge in [-0.1, -0.05) is 30.3 Å². The maximum atomic E-state index is 12.2. The first-order chi connectivity index (χ1) is 13.3. The van der Waals surface area contributed by atoms with E-state index in [0.29, 0.717) is 0 Å². The molecule has 0 radical (unpaired) electrons. The second kappa shape index (κ2) is 10.4. The number of carbonyl (C=O) groups is 2. The van der Waals surface area contributed by atoms with E-state index < -0.39 is 24.6 Å². The lowest BCUT2D eigenvalue weighted by Crippen LogP contribution is -2.41. The predicted octanol–water partition coefficient (Wildman–Crippen LogP) is 3.97. The fraction of sp³-hybridized carbons (Fsp3) is 0.333. The molecule has 2 atom stereocenters. The third-order valence-corrected chi connectivity index (χ3v) is 4.07. The molecule has 7 heteroatoms. The quantitative estimate of drug-likeness (QED) is 0.657. The molecule has 1 amide bonds. The van der Waals surface area contributed by atoms with Gasteiger partial charge in [-0.25, -0.2) is 4.79 Å². The topological polar surface area (TPSA) is 64.6 Å². The van der Waals surface area contributed by atoms with E-state index >= 15 is 0 Å². The first-order valence-electron chi connectivity index (χ1n) is 8.95. The summed E-state index contributed by atoms with van der Waals surface area (Å²) in [5.74, 6) is -1.18. The minimum Gasteiger partial charge on any atom is -0.449 e. The van der Waals surface area contributed by atoms with Gasteiger partial charge in [-0.15, -0.1) is 0 Å². The molecule has 0 saturated carbocycles. The van der Waals surface area contributed by atoms with Crippen molar-refractivity contribution < 1.29 is 27.8 Å². The molecule has 1 N–H and O–H groups in total. The van der Waals surface area contributed by atoms with Crippen LogP contribution in [-0.4, -0.2) is 30.6 Å².